The molecule has 2 N–H and O–H groups in total. The molecule has 22 rings (SSSR count). The van der Waals surface area contributed by atoms with Gasteiger partial charge in [0, 0.05) is 118 Å². The van der Waals surface area contributed by atoms with Crippen LogP contribution in [0.4, 0.5) is 0 Å². The van der Waals surface area contributed by atoms with Crippen LogP contribution in [-0.2, 0) is 13.2 Å². The van der Waals surface area contributed by atoms with Crippen molar-refractivity contribution in [3.05, 3.63) is 492 Å². The number of carbonyl (C=O) groups excluding carboxylic acids is 4. The van der Waals surface area contributed by atoms with E-state index in [-0.39, 0.29) is 109 Å². The van der Waals surface area contributed by atoms with Crippen LogP contribution in [0.2, 0.25) is 20.1 Å². The molecular formula is C110H92Cl4N12O16. The van der Waals surface area contributed by atoms with Gasteiger partial charge in [-0.25, -0.2) is 0 Å². The molecule has 8 aliphatic rings. The van der Waals surface area contributed by atoms with Crippen LogP contribution in [0, 0.1) is 0 Å². The Labute approximate surface area is 835 Å². The van der Waals surface area contributed by atoms with E-state index in [4.69, 9.17) is 74.8 Å². The Bertz CT molecular complexity index is 7030. The Balaban J connectivity index is 0.000000121. The third-order valence-electron chi connectivity index (χ3n) is 25.0. The second-order valence-corrected chi connectivity index (χ2v) is 35.7. The van der Waals surface area contributed by atoms with Crippen molar-refractivity contribution in [3.63, 3.8) is 0 Å². The first-order valence-electron chi connectivity index (χ1n) is 45.8. The topological polar surface area (TPSA) is 278 Å². The highest BCUT2D eigenvalue weighted by Crippen LogP contribution is 2.45. The molecule has 4 aromatic heterocycles. The summed E-state index contributed by atoms with van der Waals surface area (Å²) < 4.78 is 43.2. The van der Waals surface area contributed by atoms with Gasteiger partial charge in [-0.2, -0.15) is 0 Å². The van der Waals surface area contributed by atoms with Gasteiger partial charge in [0.2, 0.25) is 21.7 Å². The molecule has 8 aliphatic heterocycles. The Morgan fingerprint density at radius 1 is 0.275 bits per heavy atom. The maximum atomic E-state index is 13.9. The second kappa shape index (κ2) is 42.5. The van der Waals surface area contributed by atoms with Crippen molar-refractivity contribution in [1.82, 2.24) is 38.3 Å². The zero-order valence-electron chi connectivity index (χ0n) is 76.2. The average Bonchev–Trinajstić information content (AvgIpc) is 0.893. The van der Waals surface area contributed by atoms with Crippen molar-refractivity contribution in [2.75, 3.05) is 99.3 Å². The standard InChI is InChI=1S/2C31H26ClN3O4.2C24H20ClN3O4/c2*32-24-13-14-25-27(19-24)38-18-8-7-16-33-21-35(28(25)23-11-5-2-6-12-23)34-17-15-26(36)30(29(34)31(33)37)39-20-22-9-3-1-4-10-22;2*25-17-8-9-18-20(14-17)32-13-5-4-11-26-15-28(21(18)16-6-2-1-3-7-16)27-12-10-19(29)23(30)22(27)24(26)31/h2*1-15,17,19,28H,16,18,20-21H2;2*1-10,12,14,21,30H,11,13,15H2/b2*8-7-;2*5-4-/t2*28-;2*21-/m1010/s1. The van der Waals surface area contributed by atoms with Crippen molar-refractivity contribution in [1.29, 1.82) is 0 Å². The fourth-order valence-corrected chi connectivity index (χ4v) is 19.0. The lowest BCUT2D eigenvalue weighted by Gasteiger charge is -2.44. The molecule has 0 unspecified atom stereocenters. The van der Waals surface area contributed by atoms with Crippen LogP contribution >= 0.6 is 46.4 Å². The van der Waals surface area contributed by atoms with Crippen molar-refractivity contribution >= 4 is 70.0 Å². The molecular weight excluding hydrogens is 1890 g/mol. The fraction of sp³-hybridized carbons (Fsp3) is 0.164. The maximum Gasteiger partial charge on any atom is 0.278 e. The molecule has 32 heteroatoms. The van der Waals surface area contributed by atoms with E-state index in [0.29, 0.717) is 95.7 Å². The Kier molecular flexibility index (Phi) is 28.3. The number of ether oxygens (including phenoxy) is 6. The Morgan fingerprint density at radius 3 is 0.768 bits per heavy atom. The average molecular weight is 1980 g/mol. The first-order chi connectivity index (χ1) is 69.3. The second-order valence-electron chi connectivity index (χ2n) is 33.9. The molecule has 142 heavy (non-hydrogen) atoms. The van der Waals surface area contributed by atoms with Gasteiger partial charge in [-0.3, -0.25) is 77.1 Å². The molecule has 28 nitrogen and oxygen atoms in total. The van der Waals surface area contributed by atoms with Crippen molar-refractivity contribution in [2.24, 2.45) is 0 Å². The SMILES string of the molecule is O=C1c2c(O)c(=O)ccn2N2CN1C/C=C\COc1cc(Cl)ccc1[C@@H]2c1ccccc1.O=C1c2c(O)c(=O)ccn2N2CN1C/C=C\COc1cc(Cl)ccc1[C@H]2c1ccccc1.O=C1c2c(OCc3ccccc3)c(=O)ccn2N2CN1C/C=C\COc1cc(Cl)ccc1[C@@H]2c1ccccc1.O=C1c2c(OCc3ccccc3)c(=O)ccn2N2CN1C/C=C\COc1cc(Cl)ccc1[C@H]2c1ccccc1. The van der Waals surface area contributed by atoms with E-state index in [2.05, 4.69) is 10.0 Å². The zero-order valence-corrected chi connectivity index (χ0v) is 79.2. The van der Waals surface area contributed by atoms with Crippen LogP contribution in [0.5, 0.6) is 46.0 Å². The number of hydrogen-bond acceptors (Lipinski definition) is 20. The van der Waals surface area contributed by atoms with Gasteiger partial charge in [-0.05, 0) is 106 Å². The number of amides is 4. The maximum absolute atomic E-state index is 13.9. The number of pyridine rings is 4. The highest BCUT2D eigenvalue weighted by atomic mass is 35.5. The summed E-state index contributed by atoms with van der Waals surface area (Å²) >= 11 is 25.3. The minimum atomic E-state index is -0.599. The van der Waals surface area contributed by atoms with Gasteiger partial charge < -0.3 is 58.2 Å². The molecule has 12 heterocycles. The van der Waals surface area contributed by atoms with Gasteiger partial charge in [0.1, 0.15) is 113 Å². The van der Waals surface area contributed by atoms with Gasteiger partial charge in [-0.1, -0.05) is 277 Å². The molecule has 8 bridgehead atoms. The van der Waals surface area contributed by atoms with E-state index < -0.39 is 46.3 Å². The largest absolute Gasteiger partial charge is 0.502 e. The molecule has 0 radical (unpaired) electrons. The summed E-state index contributed by atoms with van der Waals surface area (Å²) in [5.74, 6) is 0.0774. The number of hydrogen-bond donors (Lipinski definition) is 2. The first kappa shape index (κ1) is 94.6. The highest BCUT2D eigenvalue weighted by Gasteiger charge is 2.44. The summed E-state index contributed by atoms with van der Waals surface area (Å²) in [5.41, 5.74) is 7.48. The molecule has 716 valence electrons. The van der Waals surface area contributed by atoms with Gasteiger partial charge in [0.25, 0.3) is 23.6 Å². The Hall–Kier alpha value is -16.4. The molecule has 4 atom stereocenters. The van der Waals surface area contributed by atoms with Crippen LogP contribution in [-0.4, -0.2) is 151 Å². The van der Waals surface area contributed by atoms with Crippen molar-refractivity contribution in [2.45, 2.75) is 37.4 Å². The molecule has 14 aromatic rings. The molecule has 0 saturated carbocycles. The minimum Gasteiger partial charge on any atom is -0.502 e. The van der Waals surface area contributed by atoms with Crippen molar-refractivity contribution in [3.8, 4) is 46.0 Å². The van der Waals surface area contributed by atoms with Gasteiger partial charge >= 0.3 is 0 Å². The summed E-state index contributed by atoms with van der Waals surface area (Å²) in [6, 6.07) is 84.7. The quantitative estimate of drug-likeness (QED) is 0.120. The number of rotatable bonds is 10. The van der Waals surface area contributed by atoms with Gasteiger partial charge in [-0.15, -0.1) is 0 Å². The summed E-state index contributed by atoms with van der Waals surface area (Å²) in [5, 5.41) is 31.3. The van der Waals surface area contributed by atoms with E-state index in [9.17, 15) is 48.6 Å². The van der Waals surface area contributed by atoms with Crippen molar-refractivity contribution < 1.29 is 57.8 Å². The third kappa shape index (κ3) is 19.9. The monoisotopic (exact) mass is 1980 g/mol. The number of benzene rings is 10. The fourth-order valence-electron chi connectivity index (χ4n) is 18.3. The highest BCUT2D eigenvalue weighted by molar-refractivity contribution is 6.31. The first-order valence-corrected chi connectivity index (χ1v) is 47.3. The normalized spacial score (nSPS) is 18.0. The lowest BCUT2D eigenvalue weighted by molar-refractivity contribution is 0.0691. The van der Waals surface area contributed by atoms with Crippen LogP contribution in [0.1, 0.15) is 122 Å². The smallest absolute Gasteiger partial charge is 0.278 e. The van der Waals surface area contributed by atoms with E-state index in [1.165, 1.54) is 36.7 Å². The van der Waals surface area contributed by atoms with Crippen LogP contribution < -0.4 is 70.2 Å². The van der Waals surface area contributed by atoms with E-state index in [1.807, 2.05) is 289 Å². The van der Waals surface area contributed by atoms with Crippen LogP contribution in [0.15, 0.2) is 372 Å². The summed E-state index contributed by atoms with van der Waals surface area (Å²) in [7, 11) is 0. The lowest BCUT2D eigenvalue weighted by atomic mass is 9.97. The van der Waals surface area contributed by atoms with Gasteiger partial charge in [0.15, 0.2) is 45.8 Å². The minimum absolute atomic E-state index is 0.0271. The predicted molar refractivity (Wildman–Crippen MR) is 542 cm³/mol. The summed E-state index contributed by atoms with van der Waals surface area (Å²) in [4.78, 5) is 111. The number of aromatic nitrogens is 4. The van der Waals surface area contributed by atoms with Gasteiger partial charge in [0.05, 0.1) is 0 Å². The van der Waals surface area contributed by atoms with E-state index in [0.717, 1.165) is 55.6 Å². The molecule has 4 amide bonds. The summed E-state index contributed by atoms with van der Waals surface area (Å²) in [6.07, 6.45) is 21.2. The molecule has 0 spiro atoms. The summed E-state index contributed by atoms with van der Waals surface area (Å²) in [6.45, 7) is 3.93. The molecule has 0 fully saturated rings. The lowest BCUT2D eigenvalue weighted by Crippen LogP contribution is -2.55. The molecule has 0 aliphatic carbocycles. The third-order valence-corrected chi connectivity index (χ3v) is 25.9. The zero-order chi connectivity index (χ0) is 98.0. The number of carbonyl (C=O) groups is 4. The number of aromatic hydroxyl groups is 2. The Morgan fingerprint density at radius 2 is 0.507 bits per heavy atom. The van der Waals surface area contributed by atoms with E-state index >= 15 is 0 Å². The number of fused-ring (bicyclic) bond motifs is 20. The molecule has 0 saturated heterocycles. The van der Waals surface area contributed by atoms with E-state index in [1.54, 1.807) is 75.0 Å². The number of halogens is 4. The predicted octanol–water partition coefficient (Wildman–Crippen LogP) is 16.9. The van der Waals surface area contributed by atoms with Crippen LogP contribution in [0.25, 0.3) is 0 Å². The number of nitrogens with zero attached hydrogens (tertiary/aromatic N) is 12. The van der Waals surface area contributed by atoms with Crippen LogP contribution in [0.3, 0.4) is 0 Å². The molecule has 10 aromatic carbocycles.